The molecule has 0 saturated carbocycles. The van der Waals surface area contributed by atoms with Crippen molar-refractivity contribution < 1.29 is 4.74 Å². The summed E-state index contributed by atoms with van der Waals surface area (Å²) in [5, 5.41) is 3.03. The normalized spacial score (nSPS) is 9.50. The van der Waals surface area contributed by atoms with Gasteiger partial charge in [-0.2, -0.15) is 0 Å². The monoisotopic (exact) mass is 166 g/mol. The maximum atomic E-state index is 5.30. The van der Waals surface area contributed by atoms with E-state index in [-0.39, 0.29) is 0 Å². The fraction of sp³-hybridized carbons (Fsp3) is 0.333. The molecule has 0 radical (unpaired) electrons. The molecule has 12 heavy (non-hydrogen) atoms. The Morgan fingerprint density at radius 1 is 1.33 bits per heavy atom. The summed E-state index contributed by atoms with van der Waals surface area (Å²) in [5.74, 6) is 0.861. The van der Waals surface area contributed by atoms with E-state index in [0.717, 1.165) is 11.4 Å². The minimum Gasteiger partial charge on any atom is -0.492 e. The summed E-state index contributed by atoms with van der Waals surface area (Å²) < 4.78 is 5.30. The largest absolute Gasteiger partial charge is 0.492 e. The molecule has 3 N–H and O–H groups in total. The molecule has 3 nitrogen and oxygen atoms in total. The van der Waals surface area contributed by atoms with Crippen molar-refractivity contribution in [3.05, 3.63) is 24.3 Å². The highest BCUT2D eigenvalue weighted by Crippen LogP contribution is 2.14. The summed E-state index contributed by atoms with van der Waals surface area (Å²) in [4.78, 5) is 0. The average Bonchev–Trinajstić information content (AvgIpc) is 2.15. The number of hydrogen-bond donors (Lipinski definition) is 2. The second-order valence-electron chi connectivity index (χ2n) is 2.41. The smallest absolute Gasteiger partial charge is 0.119 e. The molecule has 0 aliphatic carbocycles. The van der Waals surface area contributed by atoms with Crippen molar-refractivity contribution in [1.82, 2.24) is 0 Å². The number of nitrogens with one attached hydrogen (secondary N) is 1. The Kier molecular flexibility index (Phi) is 3.41. The number of ether oxygens (including phenoxy) is 1. The molecule has 66 valence electrons. The first kappa shape index (κ1) is 8.87. The van der Waals surface area contributed by atoms with Crippen LogP contribution < -0.4 is 15.8 Å². The Bertz CT molecular complexity index is 220. The molecule has 0 aliphatic heterocycles. The maximum absolute atomic E-state index is 5.30. The molecule has 0 unspecified atom stereocenters. The van der Waals surface area contributed by atoms with Crippen molar-refractivity contribution >= 4 is 5.69 Å². The Morgan fingerprint density at radius 3 is 2.50 bits per heavy atom. The van der Waals surface area contributed by atoms with E-state index in [2.05, 4.69) is 5.32 Å². The van der Waals surface area contributed by atoms with Crippen molar-refractivity contribution in [3.8, 4) is 5.75 Å². The zero-order chi connectivity index (χ0) is 8.81. The van der Waals surface area contributed by atoms with E-state index in [0.29, 0.717) is 13.2 Å². The SMILES string of the molecule is CNc1ccc(OCCN)cc1. The van der Waals surface area contributed by atoms with Gasteiger partial charge in [-0.25, -0.2) is 0 Å². The van der Waals surface area contributed by atoms with Crippen LogP contribution in [0, 0.1) is 0 Å². The van der Waals surface area contributed by atoms with Gasteiger partial charge < -0.3 is 15.8 Å². The molecule has 3 heteroatoms. The molecule has 1 aromatic rings. The third-order valence-corrected chi connectivity index (χ3v) is 1.53. The van der Waals surface area contributed by atoms with Gasteiger partial charge in [0.1, 0.15) is 12.4 Å². The molecule has 0 aliphatic rings. The van der Waals surface area contributed by atoms with Gasteiger partial charge in [-0.1, -0.05) is 0 Å². The second kappa shape index (κ2) is 4.62. The summed E-state index contributed by atoms with van der Waals surface area (Å²) >= 11 is 0. The van der Waals surface area contributed by atoms with Crippen LogP contribution in [0.15, 0.2) is 24.3 Å². The first-order chi connectivity index (χ1) is 5.86. The van der Waals surface area contributed by atoms with Crippen LogP contribution in [-0.2, 0) is 0 Å². The van der Waals surface area contributed by atoms with Gasteiger partial charge in [-0.15, -0.1) is 0 Å². The fourth-order valence-electron chi connectivity index (χ4n) is 0.895. The average molecular weight is 166 g/mol. The summed E-state index contributed by atoms with van der Waals surface area (Å²) in [6, 6.07) is 7.76. The van der Waals surface area contributed by atoms with Crippen LogP contribution in [0.1, 0.15) is 0 Å². The minimum absolute atomic E-state index is 0.549. The van der Waals surface area contributed by atoms with Gasteiger partial charge in [0.2, 0.25) is 0 Å². The van der Waals surface area contributed by atoms with Crippen molar-refractivity contribution in [3.63, 3.8) is 0 Å². The number of hydrogen-bond acceptors (Lipinski definition) is 3. The van der Waals surface area contributed by atoms with Crippen LogP contribution in [0.25, 0.3) is 0 Å². The summed E-state index contributed by atoms with van der Waals surface area (Å²) in [5.41, 5.74) is 6.37. The molecule has 1 aromatic carbocycles. The third kappa shape index (κ3) is 2.43. The minimum atomic E-state index is 0.549. The maximum Gasteiger partial charge on any atom is 0.119 e. The number of nitrogens with two attached hydrogens (primary N) is 1. The lowest BCUT2D eigenvalue weighted by molar-refractivity contribution is 0.328. The van der Waals surface area contributed by atoms with Crippen LogP contribution in [-0.4, -0.2) is 20.2 Å². The Balaban J connectivity index is 2.53. The molecular formula is C9H14N2O. The Hall–Kier alpha value is -1.22. The summed E-state index contributed by atoms with van der Waals surface area (Å²) in [6.45, 7) is 1.12. The lowest BCUT2D eigenvalue weighted by Gasteiger charge is -2.04. The molecule has 0 bridgehead atoms. The highest BCUT2D eigenvalue weighted by atomic mass is 16.5. The van der Waals surface area contributed by atoms with E-state index in [1.54, 1.807) is 0 Å². The van der Waals surface area contributed by atoms with E-state index >= 15 is 0 Å². The van der Waals surface area contributed by atoms with Crippen LogP contribution in [0.2, 0.25) is 0 Å². The summed E-state index contributed by atoms with van der Waals surface area (Å²) in [6.07, 6.45) is 0. The molecule has 1 rings (SSSR count). The number of anilines is 1. The molecule has 0 atom stereocenters. The zero-order valence-corrected chi connectivity index (χ0v) is 7.21. The predicted molar refractivity (Wildman–Crippen MR) is 50.5 cm³/mol. The molecule has 0 amide bonds. The molecule has 0 saturated heterocycles. The first-order valence-corrected chi connectivity index (χ1v) is 3.97. The van der Waals surface area contributed by atoms with E-state index in [1.807, 2.05) is 31.3 Å². The van der Waals surface area contributed by atoms with E-state index in [1.165, 1.54) is 0 Å². The van der Waals surface area contributed by atoms with Crippen LogP contribution in [0.5, 0.6) is 5.75 Å². The van der Waals surface area contributed by atoms with Crippen molar-refractivity contribution in [2.45, 2.75) is 0 Å². The van der Waals surface area contributed by atoms with Crippen LogP contribution >= 0.6 is 0 Å². The first-order valence-electron chi connectivity index (χ1n) is 3.97. The van der Waals surface area contributed by atoms with Gasteiger partial charge >= 0.3 is 0 Å². The van der Waals surface area contributed by atoms with Crippen molar-refractivity contribution in [1.29, 1.82) is 0 Å². The molecule has 0 aromatic heterocycles. The van der Waals surface area contributed by atoms with E-state index < -0.39 is 0 Å². The second-order valence-corrected chi connectivity index (χ2v) is 2.41. The predicted octanol–water partition coefficient (Wildman–Crippen LogP) is 1.07. The van der Waals surface area contributed by atoms with Gasteiger partial charge in [0.25, 0.3) is 0 Å². The van der Waals surface area contributed by atoms with Gasteiger partial charge in [0.15, 0.2) is 0 Å². The number of benzene rings is 1. The van der Waals surface area contributed by atoms with Crippen LogP contribution in [0.4, 0.5) is 5.69 Å². The summed E-state index contributed by atoms with van der Waals surface area (Å²) in [7, 11) is 1.88. The van der Waals surface area contributed by atoms with Gasteiger partial charge in [-0.3, -0.25) is 0 Å². The Labute approximate surface area is 72.5 Å². The van der Waals surface area contributed by atoms with E-state index in [4.69, 9.17) is 10.5 Å². The highest BCUT2D eigenvalue weighted by Gasteiger charge is 1.91. The van der Waals surface area contributed by atoms with Gasteiger partial charge in [-0.05, 0) is 24.3 Å². The quantitative estimate of drug-likeness (QED) is 0.703. The zero-order valence-electron chi connectivity index (χ0n) is 7.21. The van der Waals surface area contributed by atoms with Gasteiger partial charge in [0, 0.05) is 19.3 Å². The molecular weight excluding hydrogens is 152 g/mol. The van der Waals surface area contributed by atoms with E-state index in [9.17, 15) is 0 Å². The molecule has 0 fully saturated rings. The standard InChI is InChI=1S/C9H14N2O/c1-11-8-2-4-9(5-3-8)12-7-6-10/h2-5,11H,6-7,10H2,1H3. The molecule has 0 spiro atoms. The van der Waals surface area contributed by atoms with Crippen molar-refractivity contribution in [2.24, 2.45) is 5.73 Å². The topological polar surface area (TPSA) is 47.3 Å². The fourth-order valence-corrected chi connectivity index (χ4v) is 0.895. The third-order valence-electron chi connectivity index (χ3n) is 1.53. The lowest BCUT2D eigenvalue weighted by atomic mass is 10.3. The van der Waals surface area contributed by atoms with Crippen molar-refractivity contribution in [2.75, 3.05) is 25.5 Å². The van der Waals surface area contributed by atoms with Crippen LogP contribution in [0.3, 0.4) is 0 Å². The Morgan fingerprint density at radius 2 is 2.00 bits per heavy atom. The highest BCUT2D eigenvalue weighted by molar-refractivity contribution is 5.45. The number of rotatable bonds is 4. The lowest BCUT2D eigenvalue weighted by Crippen LogP contribution is -2.10. The van der Waals surface area contributed by atoms with Gasteiger partial charge in [0.05, 0.1) is 0 Å². The molecule has 0 heterocycles.